The zero-order valence-corrected chi connectivity index (χ0v) is 18.5. The molecule has 3 aromatic rings. The molecular weight excluding hydrogens is 404 g/mol. The minimum absolute atomic E-state index is 0.277. The van der Waals surface area contributed by atoms with E-state index in [4.69, 9.17) is 19.2 Å². The minimum Gasteiger partial charge on any atom is -0.496 e. The molecule has 2 aliphatic heterocycles. The summed E-state index contributed by atoms with van der Waals surface area (Å²) in [5, 5.41) is 3.33. The van der Waals surface area contributed by atoms with E-state index in [2.05, 4.69) is 33.4 Å². The maximum Gasteiger partial charge on any atom is 0.165 e. The van der Waals surface area contributed by atoms with Gasteiger partial charge in [-0.05, 0) is 56.6 Å². The van der Waals surface area contributed by atoms with Crippen LogP contribution in [-0.4, -0.2) is 41.7 Å². The number of pyridine rings is 2. The lowest BCUT2D eigenvalue weighted by molar-refractivity contribution is 0.169. The van der Waals surface area contributed by atoms with Gasteiger partial charge in [-0.2, -0.15) is 0 Å². The maximum absolute atomic E-state index is 5.79. The van der Waals surface area contributed by atoms with Gasteiger partial charge in [0, 0.05) is 23.9 Å². The number of nitrogens with zero attached hydrogens (tertiary/aromatic N) is 3. The average molecular weight is 433 g/mol. The van der Waals surface area contributed by atoms with Crippen LogP contribution in [0.3, 0.4) is 0 Å². The van der Waals surface area contributed by atoms with E-state index in [0.29, 0.717) is 13.2 Å². The smallest absolute Gasteiger partial charge is 0.165 e. The van der Waals surface area contributed by atoms with Gasteiger partial charge in [-0.25, -0.2) is 4.98 Å². The fourth-order valence-corrected chi connectivity index (χ4v) is 4.43. The highest BCUT2D eigenvalue weighted by Crippen LogP contribution is 2.39. The van der Waals surface area contributed by atoms with Crippen molar-refractivity contribution < 1.29 is 14.2 Å². The SMILES string of the molecule is COc1cc2c(cc1CN1CCC[C@@H]1c1ccc(Nc3cccc(C)n3)cn1)OCCO2. The molecule has 0 radical (unpaired) electrons. The summed E-state index contributed by atoms with van der Waals surface area (Å²) in [6.07, 6.45) is 4.12. The quantitative estimate of drug-likeness (QED) is 0.608. The molecule has 166 valence electrons. The topological polar surface area (TPSA) is 68.7 Å². The fourth-order valence-electron chi connectivity index (χ4n) is 4.43. The Bertz CT molecular complexity index is 1090. The lowest BCUT2D eigenvalue weighted by Gasteiger charge is -2.26. The largest absolute Gasteiger partial charge is 0.496 e. The van der Waals surface area contributed by atoms with Gasteiger partial charge in [0.15, 0.2) is 11.5 Å². The Kier molecular flexibility index (Phi) is 5.81. The highest BCUT2D eigenvalue weighted by Gasteiger charge is 2.28. The molecule has 1 N–H and O–H groups in total. The molecule has 4 heterocycles. The summed E-state index contributed by atoms with van der Waals surface area (Å²) >= 11 is 0. The van der Waals surface area contributed by atoms with Crippen LogP contribution in [0.25, 0.3) is 0 Å². The number of nitrogens with one attached hydrogen (secondary N) is 1. The first kappa shape index (κ1) is 20.6. The van der Waals surface area contributed by atoms with Crippen molar-refractivity contribution in [2.45, 2.75) is 32.4 Å². The number of hydrogen-bond acceptors (Lipinski definition) is 7. The second kappa shape index (κ2) is 9.04. The Hall–Kier alpha value is -3.32. The number of aryl methyl sites for hydroxylation is 1. The van der Waals surface area contributed by atoms with Gasteiger partial charge in [0.05, 0.1) is 30.7 Å². The highest BCUT2D eigenvalue weighted by molar-refractivity contribution is 5.55. The predicted molar refractivity (Wildman–Crippen MR) is 123 cm³/mol. The Labute approximate surface area is 188 Å². The Morgan fingerprint density at radius 1 is 1.12 bits per heavy atom. The summed E-state index contributed by atoms with van der Waals surface area (Å²) in [5.41, 5.74) is 4.11. The number of methoxy groups -OCH3 is 1. The van der Waals surface area contributed by atoms with Crippen LogP contribution < -0.4 is 19.5 Å². The van der Waals surface area contributed by atoms with E-state index >= 15 is 0 Å². The molecule has 0 aliphatic carbocycles. The number of benzene rings is 1. The first-order valence-corrected chi connectivity index (χ1v) is 11.1. The standard InChI is InChI=1S/C25H28N4O3/c1-17-5-3-7-25(27-17)28-19-8-9-20(26-15-19)21-6-4-10-29(21)16-18-13-23-24(14-22(18)30-2)32-12-11-31-23/h3,5,7-9,13-15,21H,4,6,10-12,16H2,1-2H3,(H,27,28)/t21-/m1/s1. The van der Waals surface area contributed by atoms with Gasteiger partial charge in [0.2, 0.25) is 0 Å². The summed E-state index contributed by atoms with van der Waals surface area (Å²) in [6.45, 7) is 4.93. The second-order valence-electron chi connectivity index (χ2n) is 8.20. The van der Waals surface area contributed by atoms with Crippen LogP contribution in [0.15, 0.2) is 48.7 Å². The number of fused-ring (bicyclic) bond motifs is 1. The van der Waals surface area contributed by atoms with Gasteiger partial charge in [0.1, 0.15) is 24.8 Å². The first-order valence-electron chi connectivity index (χ1n) is 11.1. The number of hydrogen-bond donors (Lipinski definition) is 1. The van der Waals surface area contributed by atoms with Crippen LogP contribution in [0, 0.1) is 6.92 Å². The normalized spacial score (nSPS) is 17.9. The Balaban J connectivity index is 1.32. The average Bonchev–Trinajstić information content (AvgIpc) is 3.27. The van der Waals surface area contributed by atoms with E-state index in [1.807, 2.05) is 37.4 Å². The first-order chi connectivity index (χ1) is 15.7. The molecule has 0 amide bonds. The predicted octanol–water partition coefficient (Wildman–Crippen LogP) is 4.65. The minimum atomic E-state index is 0.277. The molecular formula is C25H28N4O3. The van der Waals surface area contributed by atoms with E-state index in [9.17, 15) is 0 Å². The van der Waals surface area contributed by atoms with Crippen molar-refractivity contribution in [1.82, 2.24) is 14.9 Å². The summed E-state index contributed by atoms with van der Waals surface area (Å²) in [4.78, 5) is 11.7. The van der Waals surface area contributed by atoms with Crippen LogP contribution in [-0.2, 0) is 6.54 Å². The molecule has 0 saturated carbocycles. The fraction of sp³-hybridized carbons (Fsp3) is 0.360. The molecule has 0 spiro atoms. The van der Waals surface area contributed by atoms with Crippen molar-refractivity contribution in [3.63, 3.8) is 0 Å². The number of anilines is 2. The summed E-state index contributed by atoms with van der Waals surface area (Å²) in [7, 11) is 1.70. The summed E-state index contributed by atoms with van der Waals surface area (Å²) in [6, 6.07) is 14.4. The molecule has 7 nitrogen and oxygen atoms in total. The lowest BCUT2D eigenvalue weighted by atomic mass is 10.1. The third-order valence-corrected chi connectivity index (χ3v) is 5.97. The van der Waals surface area contributed by atoms with Crippen molar-refractivity contribution in [2.75, 3.05) is 32.2 Å². The van der Waals surface area contributed by atoms with E-state index in [1.165, 1.54) is 0 Å². The van der Waals surface area contributed by atoms with Crippen LogP contribution in [0.2, 0.25) is 0 Å². The van der Waals surface area contributed by atoms with Gasteiger partial charge in [-0.3, -0.25) is 9.88 Å². The summed E-state index contributed by atoms with van der Waals surface area (Å²) in [5.74, 6) is 3.20. The van der Waals surface area contributed by atoms with Gasteiger partial charge in [0.25, 0.3) is 0 Å². The third-order valence-electron chi connectivity index (χ3n) is 5.97. The van der Waals surface area contributed by atoms with Gasteiger partial charge in [-0.1, -0.05) is 6.07 Å². The Morgan fingerprint density at radius 2 is 1.97 bits per heavy atom. The Morgan fingerprint density at radius 3 is 2.72 bits per heavy atom. The number of aromatic nitrogens is 2. The van der Waals surface area contributed by atoms with Gasteiger partial charge in [-0.15, -0.1) is 0 Å². The van der Waals surface area contributed by atoms with Gasteiger partial charge >= 0.3 is 0 Å². The van der Waals surface area contributed by atoms with Crippen molar-refractivity contribution in [3.8, 4) is 17.2 Å². The van der Waals surface area contributed by atoms with Crippen LogP contribution in [0.1, 0.15) is 35.8 Å². The van der Waals surface area contributed by atoms with Crippen molar-refractivity contribution >= 4 is 11.5 Å². The second-order valence-corrected chi connectivity index (χ2v) is 8.20. The zero-order valence-electron chi connectivity index (χ0n) is 18.5. The lowest BCUT2D eigenvalue weighted by Crippen LogP contribution is -2.24. The van der Waals surface area contributed by atoms with Crippen LogP contribution in [0.4, 0.5) is 11.5 Å². The van der Waals surface area contributed by atoms with E-state index < -0.39 is 0 Å². The molecule has 0 bridgehead atoms. The van der Waals surface area contributed by atoms with Gasteiger partial charge < -0.3 is 19.5 Å². The molecule has 1 saturated heterocycles. The molecule has 1 fully saturated rings. The van der Waals surface area contributed by atoms with E-state index in [-0.39, 0.29) is 6.04 Å². The molecule has 5 rings (SSSR count). The summed E-state index contributed by atoms with van der Waals surface area (Å²) < 4.78 is 17.1. The highest BCUT2D eigenvalue weighted by atomic mass is 16.6. The van der Waals surface area contributed by atoms with Crippen molar-refractivity contribution in [3.05, 3.63) is 65.6 Å². The van der Waals surface area contributed by atoms with Crippen LogP contribution >= 0.6 is 0 Å². The zero-order chi connectivity index (χ0) is 21.9. The number of ether oxygens (including phenoxy) is 3. The molecule has 1 atom stereocenters. The molecule has 32 heavy (non-hydrogen) atoms. The number of rotatable bonds is 6. The molecule has 2 aliphatic rings. The van der Waals surface area contributed by atoms with E-state index in [1.54, 1.807) is 7.11 Å². The van der Waals surface area contributed by atoms with Crippen LogP contribution in [0.5, 0.6) is 17.2 Å². The van der Waals surface area contributed by atoms with Crippen molar-refractivity contribution in [1.29, 1.82) is 0 Å². The number of likely N-dealkylation sites (tertiary alicyclic amines) is 1. The molecule has 0 unspecified atom stereocenters. The molecule has 2 aromatic heterocycles. The maximum atomic E-state index is 5.79. The third kappa shape index (κ3) is 4.34. The molecule has 1 aromatic carbocycles. The monoisotopic (exact) mass is 432 g/mol. The van der Waals surface area contributed by atoms with E-state index in [0.717, 1.165) is 71.6 Å². The molecule has 7 heteroatoms. The van der Waals surface area contributed by atoms with Crippen molar-refractivity contribution in [2.24, 2.45) is 0 Å².